The fraction of sp³-hybridized carbons (Fsp3) is 1.00. The van der Waals surface area contributed by atoms with Crippen LogP contribution in [0.5, 0.6) is 0 Å². The number of hydrogen-bond acceptors (Lipinski definition) is 2. The van der Waals surface area contributed by atoms with Crippen molar-refractivity contribution in [1.29, 1.82) is 0 Å². The summed E-state index contributed by atoms with van der Waals surface area (Å²) in [6, 6.07) is 0. The third-order valence-electron chi connectivity index (χ3n) is 0.158. The standard InChI is InChI=1S/CH4BOPS/c3-5-1-2-4/h3-4H,1H2. The predicted octanol–water partition coefficient (Wildman–Crippen LogP) is 0.912. The molecule has 0 bridgehead atoms. The molecule has 0 aliphatic heterocycles. The van der Waals surface area contributed by atoms with E-state index in [1.807, 2.05) is 0 Å². The summed E-state index contributed by atoms with van der Waals surface area (Å²) in [5, 5.41) is 0. The van der Waals surface area contributed by atoms with Gasteiger partial charge in [0.05, 0.1) is 0 Å². The van der Waals surface area contributed by atoms with Crippen LogP contribution >= 0.6 is 20.8 Å². The zero-order chi connectivity index (χ0) is 4.12. The molecule has 0 rings (SSSR count). The summed E-state index contributed by atoms with van der Waals surface area (Å²) in [6.45, 7) is 1.70. The maximum atomic E-state index is 7.92. The molecule has 0 radical (unpaired) electrons. The van der Waals surface area contributed by atoms with Crippen LogP contribution in [0, 0.1) is 0 Å². The Morgan fingerprint density at radius 1 is 2.00 bits per heavy atom. The van der Waals surface area contributed by atoms with Gasteiger partial charge >= 0.3 is 37.6 Å². The molecule has 1 nitrogen and oxygen atoms in total. The Labute approximate surface area is 38.4 Å². The monoisotopic (exact) mass is 106 g/mol. The Balaban J connectivity index is 2.40. The summed E-state index contributed by atoms with van der Waals surface area (Å²) in [6.07, 6.45) is 0. The normalized spacial score (nSPS) is 6.60. The SMILES string of the molecule is OSCB=P. The molecule has 0 aromatic carbocycles. The molecule has 0 unspecified atom stereocenters. The van der Waals surface area contributed by atoms with Crippen LogP contribution < -0.4 is 0 Å². The van der Waals surface area contributed by atoms with Crippen molar-refractivity contribution < 1.29 is 4.55 Å². The van der Waals surface area contributed by atoms with Crippen LogP contribution in [-0.2, 0) is 0 Å². The molecule has 0 amide bonds. The van der Waals surface area contributed by atoms with Gasteiger partial charge in [-0.1, -0.05) is 0 Å². The summed E-state index contributed by atoms with van der Waals surface area (Å²) >= 11 is 0.797. The Kier molecular flexibility index (Phi) is 5.31. The van der Waals surface area contributed by atoms with Crippen molar-refractivity contribution in [2.24, 2.45) is 0 Å². The molecule has 5 heavy (non-hydrogen) atoms. The average Bonchev–Trinajstić information content (AvgIpc) is 1.41. The fourth-order valence-corrected chi connectivity index (χ4v) is 0.335. The van der Waals surface area contributed by atoms with E-state index in [-0.39, 0.29) is 0 Å². The molecular formula is CH4BOPS. The summed E-state index contributed by atoms with van der Waals surface area (Å²) in [7, 11) is 3.04. The summed E-state index contributed by atoms with van der Waals surface area (Å²) in [5.41, 5.74) is 0.650. The quantitative estimate of drug-likeness (QED) is 0.320. The van der Waals surface area contributed by atoms with Gasteiger partial charge in [-0.15, -0.1) is 0 Å². The molecule has 0 fully saturated rings. The molecule has 0 spiro atoms. The minimum atomic E-state index is 0.650. The van der Waals surface area contributed by atoms with Crippen LogP contribution in [0.25, 0.3) is 0 Å². The van der Waals surface area contributed by atoms with Gasteiger partial charge in [0.2, 0.25) is 0 Å². The van der Waals surface area contributed by atoms with Crippen LogP contribution in [0.15, 0.2) is 0 Å². The summed E-state index contributed by atoms with van der Waals surface area (Å²) in [5.74, 6) is 0. The van der Waals surface area contributed by atoms with Gasteiger partial charge in [-0.25, -0.2) is 0 Å². The van der Waals surface area contributed by atoms with Gasteiger partial charge in [0.25, 0.3) is 0 Å². The van der Waals surface area contributed by atoms with E-state index >= 15 is 0 Å². The third kappa shape index (κ3) is 4.67. The fourth-order valence-electron chi connectivity index (χ4n) is 0.0373. The van der Waals surface area contributed by atoms with Gasteiger partial charge in [-0.2, -0.15) is 0 Å². The Hall–Kier alpha value is 0.675. The second-order valence-electron chi connectivity index (χ2n) is 0.500. The molecular weight excluding hydrogens is 102 g/mol. The minimum absolute atomic E-state index is 0.650. The van der Waals surface area contributed by atoms with Crippen LogP contribution in [0.1, 0.15) is 0 Å². The Morgan fingerprint density at radius 3 is 2.60 bits per heavy atom. The zero-order valence-electron chi connectivity index (χ0n) is 2.64. The van der Waals surface area contributed by atoms with Crippen molar-refractivity contribution in [3.63, 3.8) is 0 Å². The molecule has 0 heterocycles. The Bertz CT molecular complexity index is 32.8. The van der Waals surface area contributed by atoms with E-state index in [1.54, 1.807) is 6.62 Å². The van der Waals surface area contributed by atoms with E-state index in [0.717, 1.165) is 12.0 Å². The molecule has 1 N–H and O–H groups in total. The second kappa shape index (κ2) is 4.67. The summed E-state index contributed by atoms with van der Waals surface area (Å²) in [4.78, 5) is 0. The second-order valence-corrected chi connectivity index (χ2v) is 1.50. The van der Waals surface area contributed by atoms with Crippen LogP contribution in [0.2, 0.25) is 0 Å². The van der Waals surface area contributed by atoms with E-state index in [4.69, 9.17) is 4.55 Å². The van der Waals surface area contributed by atoms with E-state index in [1.165, 1.54) is 0 Å². The van der Waals surface area contributed by atoms with Crippen molar-refractivity contribution in [3.05, 3.63) is 0 Å². The molecule has 0 aromatic rings. The van der Waals surface area contributed by atoms with Gasteiger partial charge < -0.3 is 0 Å². The van der Waals surface area contributed by atoms with Crippen molar-refractivity contribution >= 4 is 27.4 Å². The number of rotatable bonds is 2. The van der Waals surface area contributed by atoms with Gasteiger partial charge in [-0.3, -0.25) is 0 Å². The molecule has 0 saturated carbocycles. The molecule has 0 aliphatic rings. The van der Waals surface area contributed by atoms with Crippen LogP contribution in [0.3, 0.4) is 0 Å². The zero-order valence-corrected chi connectivity index (χ0v) is 4.46. The number of hydrogen-bond donors (Lipinski definition) is 1. The predicted molar refractivity (Wildman–Crippen MR) is 29.2 cm³/mol. The van der Waals surface area contributed by atoms with Gasteiger partial charge in [0.15, 0.2) is 0 Å². The maximum absolute atomic E-state index is 7.92. The van der Waals surface area contributed by atoms with E-state index < -0.39 is 0 Å². The van der Waals surface area contributed by atoms with Crippen LogP contribution in [0.4, 0.5) is 0 Å². The van der Waals surface area contributed by atoms with Crippen molar-refractivity contribution in [1.82, 2.24) is 0 Å². The molecule has 0 saturated heterocycles. The van der Waals surface area contributed by atoms with Crippen LogP contribution in [-0.4, -0.2) is 16.8 Å². The molecule has 4 heteroatoms. The van der Waals surface area contributed by atoms with Crippen molar-refractivity contribution in [2.75, 3.05) is 5.65 Å². The first-order valence-electron chi connectivity index (χ1n) is 1.17. The topological polar surface area (TPSA) is 20.2 Å². The molecule has 0 aliphatic carbocycles. The molecule has 0 atom stereocenters. The van der Waals surface area contributed by atoms with Crippen molar-refractivity contribution in [3.8, 4) is 0 Å². The summed E-state index contributed by atoms with van der Waals surface area (Å²) < 4.78 is 7.92. The van der Waals surface area contributed by atoms with Gasteiger partial charge in [-0.05, 0) is 0 Å². The van der Waals surface area contributed by atoms with E-state index in [0.29, 0.717) is 5.65 Å². The molecule has 0 aromatic heterocycles. The van der Waals surface area contributed by atoms with E-state index in [2.05, 4.69) is 8.73 Å². The Morgan fingerprint density at radius 2 is 2.60 bits per heavy atom. The van der Waals surface area contributed by atoms with E-state index in [9.17, 15) is 0 Å². The molecule has 28 valence electrons. The average molecular weight is 106 g/mol. The first kappa shape index (κ1) is 5.67. The third-order valence-corrected chi connectivity index (χ3v) is 0.974. The first-order chi connectivity index (χ1) is 2.41. The van der Waals surface area contributed by atoms with Gasteiger partial charge in [0.1, 0.15) is 0 Å². The van der Waals surface area contributed by atoms with Crippen molar-refractivity contribution in [2.45, 2.75) is 0 Å². The van der Waals surface area contributed by atoms with Gasteiger partial charge in [0, 0.05) is 0 Å². The first-order valence-corrected chi connectivity index (χ1v) is 2.69.